The molecule has 2 aromatic carbocycles. The summed E-state index contributed by atoms with van der Waals surface area (Å²) in [4.78, 5) is 12.8. The normalized spacial score (nSPS) is 12.6. The molecule has 0 heterocycles. The van der Waals surface area contributed by atoms with Gasteiger partial charge in [-0.2, -0.15) is 4.31 Å². The lowest BCUT2D eigenvalue weighted by molar-refractivity contribution is -0.122. The molecule has 0 aliphatic rings. The van der Waals surface area contributed by atoms with Crippen molar-refractivity contribution in [2.24, 2.45) is 0 Å². The predicted molar refractivity (Wildman–Crippen MR) is 111 cm³/mol. The van der Waals surface area contributed by atoms with Crippen molar-refractivity contribution in [1.82, 2.24) is 4.31 Å². The molecule has 1 amide bonds. The predicted octanol–water partition coefficient (Wildman–Crippen LogP) is 3.82. The average molecular weight is 405 g/mol. The maximum Gasteiger partial charge on any atom is 0.265 e. The first kappa shape index (κ1) is 21.9. The van der Waals surface area contributed by atoms with Gasteiger partial charge in [-0.15, -0.1) is 0 Å². The third kappa shape index (κ3) is 5.33. The number of carbonyl (C=O) groups is 1. The van der Waals surface area contributed by atoms with Crippen LogP contribution in [-0.2, 0) is 14.8 Å². The highest BCUT2D eigenvalue weighted by atomic mass is 32.2. The van der Waals surface area contributed by atoms with Crippen molar-refractivity contribution in [3.63, 3.8) is 0 Å². The Morgan fingerprint density at radius 1 is 1.07 bits per heavy atom. The van der Waals surface area contributed by atoms with E-state index in [2.05, 4.69) is 5.32 Å². The Balaban J connectivity index is 2.09. The van der Waals surface area contributed by atoms with Gasteiger partial charge in [-0.1, -0.05) is 32.9 Å². The van der Waals surface area contributed by atoms with Crippen molar-refractivity contribution in [2.45, 2.75) is 45.1 Å². The average Bonchev–Trinajstić information content (AvgIpc) is 2.67. The summed E-state index contributed by atoms with van der Waals surface area (Å²) < 4.78 is 32.3. The van der Waals surface area contributed by atoms with Crippen LogP contribution >= 0.6 is 0 Å². The lowest BCUT2D eigenvalue weighted by Crippen LogP contribution is -2.32. The summed E-state index contributed by atoms with van der Waals surface area (Å²) in [5.41, 5.74) is 1.58. The van der Waals surface area contributed by atoms with Gasteiger partial charge in [0, 0.05) is 18.8 Å². The Kier molecular flexibility index (Phi) is 7.60. The molecule has 1 N–H and O–H groups in total. The second-order valence-electron chi connectivity index (χ2n) is 6.43. The Bertz CT molecular complexity index is 891. The van der Waals surface area contributed by atoms with Gasteiger partial charge in [0.25, 0.3) is 5.91 Å². The number of sulfonamides is 1. The summed E-state index contributed by atoms with van der Waals surface area (Å²) in [6.07, 6.45) is -0.130. The Labute approximate surface area is 167 Å². The number of hydrogen-bond acceptors (Lipinski definition) is 4. The lowest BCUT2D eigenvalue weighted by Gasteiger charge is -2.19. The SMILES string of the molecule is CC[C@@H](Oc1cccc(C)c1)C(=O)Nc1ccc(S(=O)(=O)N(CC)CC)cc1. The fourth-order valence-electron chi connectivity index (χ4n) is 2.82. The van der Waals surface area contributed by atoms with Gasteiger partial charge in [0.1, 0.15) is 5.75 Å². The molecule has 7 heteroatoms. The summed E-state index contributed by atoms with van der Waals surface area (Å²) >= 11 is 0. The number of ether oxygens (including phenoxy) is 1. The van der Waals surface area contributed by atoms with Crippen molar-refractivity contribution < 1.29 is 17.9 Å². The van der Waals surface area contributed by atoms with Crippen LogP contribution < -0.4 is 10.1 Å². The number of amides is 1. The van der Waals surface area contributed by atoms with E-state index in [0.717, 1.165) is 5.56 Å². The minimum absolute atomic E-state index is 0.206. The van der Waals surface area contributed by atoms with E-state index in [9.17, 15) is 13.2 Å². The van der Waals surface area contributed by atoms with Crippen molar-refractivity contribution in [3.05, 3.63) is 54.1 Å². The summed E-state index contributed by atoms with van der Waals surface area (Å²) in [5.74, 6) is 0.367. The Morgan fingerprint density at radius 3 is 2.25 bits per heavy atom. The van der Waals surface area contributed by atoms with Gasteiger partial charge in [-0.25, -0.2) is 8.42 Å². The highest BCUT2D eigenvalue weighted by Gasteiger charge is 2.22. The van der Waals surface area contributed by atoms with Crippen LogP contribution in [0.4, 0.5) is 5.69 Å². The van der Waals surface area contributed by atoms with Gasteiger partial charge in [0.15, 0.2) is 6.10 Å². The molecule has 28 heavy (non-hydrogen) atoms. The van der Waals surface area contributed by atoms with Crippen LogP contribution in [0.2, 0.25) is 0 Å². The van der Waals surface area contributed by atoms with Crippen LogP contribution in [-0.4, -0.2) is 37.8 Å². The topological polar surface area (TPSA) is 75.7 Å². The van der Waals surface area contributed by atoms with E-state index >= 15 is 0 Å². The fraction of sp³-hybridized carbons (Fsp3) is 0.381. The van der Waals surface area contributed by atoms with E-state index in [-0.39, 0.29) is 10.8 Å². The summed E-state index contributed by atoms with van der Waals surface area (Å²) in [6, 6.07) is 13.7. The molecule has 2 rings (SSSR count). The molecule has 6 nitrogen and oxygen atoms in total. The van der Waals surface area contributed by atoms with E-state index < -0.39 is 16.1 Å². The highest BCUT2D eigenvalue weighted by molar-refractivity contribution is 7.89. The van der Waals surface area contributed by atoms with Gasteiger partial charge in [0.05, 0.1) is 4.90 Å². The van der Waals surface area contributed by atoms with Crippen LogP contribution in [0, 0.1) is 6.92 Å². The maximum absolute atomic E-state index is 12.6. The van der Waals surface area contributed by atoms with Crippen LogP contribution in [0.1, 0.15) is 32.8 Å². The molecule has 152 valence electrons. The minimum atomic E-state index is -3.52. The molecule has 2 aromatic rings. The van der Waals surface area contributed by atoms with Crippen molar-refractivity contribution in [2.75, 3.05) is 18.4 Å². The maximum atomic E-state index is 12.6. The second-order valence-corrected chi connectivity index (χ2v) is 8.37. The number of carbonyl (C=O) groups excluding carboxylic acids is 1. The van der Waals surface area contributed by atoms with E-state index in [4.69, 9.17) is 4.74 Å². The van der Waals surface area contributed by atoms with Crippen LogP contribution in [0.5, 0.6) is 5.75 Å². The standard InChI is InChI=1S/C21H28N2O4S/c1-5-20(27-18-10-8-9-16(4)15-18)21(24)22-17-11-13-19(14-12-17)28(25,26)23(6-2)7-3/h8-15,20H,5-7H2,1-4H3,(H,22,24)/t20-/m1/s1. The van der Waals surface area contributed by atoms with Crippen molar-refractivity contribution >= 4 is 21.6 Å². The number of benzene rings is 2. The number of aryl methyl sites for hydroxylation is 1. The largest absolute Gasteiger partial charge is 0.481 e. The molecule has 1 atom stereocenters. The Hall–Kier alpha value is -2.38. The van der Waals surface area contributed by atoms with Gasteiger partial charge < -0.3 is 10.1 Å². The summed E-state index contributed by atoms with van der Waals surface area (Å²) in [6.45, 7) is 8.25. The van der Waals surface area contributed by atoms with Crippen LogP contribution in [0.3, 0.4) is 0 Å². The van der Waals surface area contributed by atoms with E-state index in [0.29, 0.717) is 30.9 Å². The summed E-state index contributed by atoms with van der Waals surface area (Å²) in [7, 11) is -3.52. The molecule has 0 bridgehead atoms. The number of hydrogen-bond donors (Lipinski definition) is 1. The third-order valence-corrected chi connectivity index (χ3v) is 6.46. The van der Waals surface area contributed by atoms with Crippen LogP contribution in [0.25, 0.3) is 0 Å². The molecule has 0 aliphatic carbocycles. The quantitative estimate of drug-likeness (QED) is 0.689. The molecule has 0 fully saturated rings. The molecule has 0 aliphatic heterocycles. The van der Waals surface area contributed by atoms with Crippen LogP contribution in [0.15, 0.2) is 53.4 Å². The number of nitrogens with zero attached hydrogens (tertiary/aromatic N) is 1. The number of rotatable bonds is 9. The molecule has 0 unspecified atom stereocenters. The Morgan fingerprint density at radius 2 is 1.71 bits per heavy atom. The second kappa shape index (κ2) is 9.71. The molecule has 0 aromatic heterocycles. The molecular weight excluding hydrogens is 376 g/mol. The first-order chi connectivity index (χ1) is 13.3. The summed E-state index contributed by atoms with van der Waals surface area (Å²) in [5, 5.41) is 2.79. The molecule has 0 saturated carbocycles. The lowest BCUT2D eigenvalue weighted by atomic mass is 10.2. The van der Waals surface area contributed by atoms with Gasteiger partial charge in [-0.05, 0) is 55.3 Å². The first-order valence-electron chi connectivity index (χ1n) is 9.46. The highest BCUT2D eigenvalue weighted by Crippen LogP contribution is 2.20. The third-order valence-electron chi connectivity index (χ3n) is 4.40. The van der Waals surface area contributed by atoms with E-state index in [1.807, 2.05) is 38.1 Å². The van der Waals surface area contributed by atoms with E-state index in [1.165, 1.54) is 16.4 Å². The monoisotopic (exact) mass is 404 g/mol. The smallest absolute Gasteiger partial charge is 0.265 e. The van der Waals surface area contributed by atoms with Gasteiger partial charge >= 0.3 is 0 Å². The molecule has 0 spiro atoms. The molecule has 0 radical (unpaired) electrons. The molecular formula is C21H28N2O4S. The zero-order chi connectivity index (χ0) is 20.7. The fourth-order valence-corrected chi connectivity index (χ4v) is 4.28. The van der Waals surface area contributed by atoms with Gasteiger partial charge in [0.2, 0.25) is 10.0 Å². The van der Waals surface area contributed by atoms with Gasteiger partial charge in [-0.3, -0.25) is 4.79 Å². The first-order valence-corrected chi connectivity index (χ1v) is 10.9. The van der Waals surface area contributed by atoms with Crippen molar-refractivity contribution in [3.8, 4) is 5.75 Å². The number of nitrogens with one attached hydrogen (secondary N) is 1. The molecule has 0 saturated heterocycles. The zero-order valence-corrected chi connectivity index (χ0v) is 17.6. The number of anilines is 1. The minimum Gasteiger partial charge on any atom is -0.481 e. The zero-order valence-electron chi connectivity index (χ0n) is 16.8. The van der Waals surface area contributed by atoms with Crippen molar-refractivity contribution in [1.29, 1.82) is 0 Å². The van der Waals surface area contributed by atoms with E-state index in [1.54, 1.807) is 26.0 Å².